The van der Waals surface area contributed by atoms with Gasteiger partial charge in [0.2, 0.25) is 5.91 Å². The Kier molecular flexibility index (Phi) is 4.54. The van der Waals surface area contributed by atoms with E-state index in [2.05, 4.69) is 27.1 Å². The third-order valence-corrected chi connectivity index (χ3v) is 3.94. The van der Waals surface area contributed by atoms with Crippen molar-refractivity contribution >= 4 is 5.91 Å². The van der Waals surface area contributed by atoms with E-state index in [1.807, 2.05) is 6.92 Å². The molecular weight excluding hydrogens is 256 g/mol. The Balaban J connectivity index is 1.95. The van der Waals surface area contributed by atoms with Gasteiger partial charge in [0.25, 0.3) is 5.56 Å². The molecule has 6 nitrogen and oxygen atoms in total. The number of carbonyl (C=O) groups excluding carboxylic acids is 1. The fourth-order valence-corrected chi connectivity index (χ4v) is 2.69. The zero-order valence-electron chi connectivity index (χ0n) is 12.1. The molecule has 0 radical (unpaired) electrons. The summed E-state index contributed by atoms with van der Waals surface area (Å²) in [5, 5.41) is 2.90. The van der Waals surface area contributed by atoms with Gasteiger partial charge in [-0.15, -0.1) is 0 Å². The van der Waals surface area contributed by atoms with Crippen LogP contribution in [0.15, 0.2) is 17.2 Å². The van der Waals surface area contributed by atoms with Crippen molar-refractivity contribution in [3.63, 3.8) is 0 Å². The summed E-state index contributed by atoms with van der Waals surface area (Å²) in [6, 6.07) is 1.40. The number of aromatic nitrogens is 2. The highest BCUT2D eigenvalue weighted by Gasteiger charge is 2.37. The number of amides is 1. The quantitative estimate of drug-likeness (QED) is 0.841. The van der Waals surface area contributed by atoms with E-state index < -0.39 is 0 Å². The Morgan fingerprint density at radius 1 is 1.60 bits per heavy atom. The molecule has 0 aromatic carbocycles. The fraction of sp³-hybridized carbons (Fsp3) is 0.643. The summed E-state index contributed by atoms with van der Waals surface area (Å²) in [7, 11) is 0. The number of nitrogens with zero attached hydrogens (tertiary/aromatic N) is 2. The van der Waals surface area contributed by atoms with Gasteiger partial charge in [-0.2, -0.15) is 0 Å². The Hall–Kier alpha value is -1.69. The van der Waals surface area contributed by atoms with Crippen LogP contribution in [0.4, 0.5) is 0 Å². The van der Waals surface area contributed by atoms with Crippen LogP contribution in [-0.4, -0.2) is 40.4 Å². The minimum atomic E-state index is -0.352. The molecule has 0 saturated carbocycles. The Labute approximate surface area is 118 Å². The molecule has 0 aliphatic carbocycles. The zero-order chi connectivity index (χ0) is 14.6. The molecule has 20 heavy (non-hydrogen) atoms. The van der Waals surface area contributed by atoms with Gasteiger partial charge in [0.05, 0.1) is 24.0 Å². The lowest BCUT2D eigenvalue weighted by molar-refractivity contribution is -0.133. The predicted octanol–water partition coefficient (Wildman–Crippen LogP) is 0.508. The van der Waals surface area contributed by atoms with E-state index in [1.54, 1.807) is 0 Å². The monoisotopic (exact) mass is 278 g/mol. The Morgan fingerprint density at radius 2 is 2.40 bits per heavy atom. The van der Waals surface area contributed by atoms with Crippen molar-refractivity contribution in [2.75, 3.05) is 19.6 Å². The number of rotatable bonds is 4. The Bertz CT molecular complexity index is 528. The van der Waals surface area contributed by atoms with Gasteiger partial charge in [-0.25, -0.2) is 4.98 Å². The van der Waals surface area contributed by atoms with Crippen molar-refractivity contribution in [3.8, 4) is 0 Å². The van der Waals surface area contributed by atoms with Gasteiger partial charge in [-0.3, -0.25) is 9.59 Å². The van der Waals surface area contributed by atoms with E-state index in [0.717, 1.165) is 32.5 Å². The van der Waals surface area contributed by atoms with Crippen LogP contribution in [0.25, 0.3) is 0 Å². The topological polar surface area (TPSA) is 78.1 Å². The van der Waals surface area contributed by atoms with E-state index in [0.29, 0.717) is 12.2 Å². The number of H-pyrrole nitrogens is 1. The molecule has 2 N–H and O–H groups in total. The van der Waals surface area contributed by atoms with E-state index in [-0.39, 0.29) is 16.9 Å². The van der Waals surface area contributed by atoms with Gasteiger partial charge < -0.3 is 15.2 Å². The highest BCUT2D eigenvalue weighted by Crippen LogP contribution is 2.29. The van der Waals surface area contributed by atoms with Crippen molar-refractivity contribution in [1.82, 2.24) is 20.2 Å². The van der Waals surface area contributed by atoms with Crippen LogP contribution >= 0.6 is 0 Å². The first kappa shape index (κ1) is 14.7. The lowest BCUT2D eigenvalue weighted by atomic mass is 9.81. The van der Waals surface area contributed by atoms with Crippen molar-refractivity contribution < 1.29 is 4.79 Å². The molecule has 1 fully saturated rings. The normalized spacial score (nSPS) is 23.5. The summed E-state index contributed by atoms with van der Waals surface area (Å²) in [6.07, 6.45) is 3.30. The van der Waals surface area contributed by atoms with Crippen molar-refractivity contribution in [3.05, 3.63) is 28.4 Å². The molecule has 2 heterocycles. The third-order valence-electron chi connectivity index (χ3n) is 3.94. The Morgan fingerprint density at radius 3 is 3.10 bits per heavy atom. The number of hydrogen-bond donors (Lipinski definition) is 2. The molecule has 1 aromatic rings. The maximum atomic E-state index is 12.4. The molecule has 6 heteroatoms. The van der Waals surface area contributed by atoms with Crippen LogP contribution in [0, 0.1) is 5.41 Å². The molecule has 2 rings (SSSR count). The van der Waals surface area contributed by atoms with E-state index in [9.17, 15) is 9.59 Å². The van der Waals surface area contributed by atoms with Crippen molar-refractivity contribution in [1.29, 1.82) is 0 Å². The summed E-state index contributed by atoms with van der Waals surface area (Å²) in [5.41, 5.74) is 0.0225. The van der Waals surface area contributed by atoms with E-state index >= 15 is 0 Å². The summed E-state index contributed by atoms with van der Waals surface area (Å²) in [6.45, 7) is 7.25. The molecule has 0 bridgehead atoms. The predicted molar refractivity (Wildman–Crippen MR) is 76.2 cm³/mol. The minimum Gasteiger partial charge on any atom is -0.350 e. The molecule has 0 unspecified atom stereocenters. The largest absolute Gasteiger partial charge is 0.350 e. The smallest absolute Gasteiger partial charge is 0.250 e. The van der Waals surface area contributed by atoms with E-state index in [1.165, 1.54) is 12.4 Å². The fourth-order valence-electron chi connectivity index (χ4n) is 2.69. The standard InChI is InChI=1S/C14H22N4O2/c1-3-18-6-4-5-14(2,9-18)13(20)15-8-11-7-12(19)17-10-16-11/h7,10H,3-6,8-9H2,1-2H3,(H,15,20)(H,16,17,19)/t14-/m1/s1. The molecule has 1 atom stereocenters. The van der Waals surface area contributed by atoms with Crippen LogP contribution < -0.4 is 10.9 Å². The average molecular weight is 278 g/mol. The molecular formula is C14H22N4O2. The van der Waals surface area contributed by atoms with Gasteiger partial charge in [-0.1, -0.05) is 6.92 Å². The second kappa shape index (κ2) is 6.17. The molecule has 110 valence electrons. The van der Waals surface area contributed by atoms with Gasteiger partial charge in [0.15, 0.2) is 0 Å². The first-order chi connectivity index (χ1) is 9.53. The number of nitrogens with one attached hydrogen (secondary N) is 2. The summed E-state index contributed by atoms with van der Waals surface area (Å²) < 4.78 is 0. The second-order valence-electron chi connectivity index (χ2n) is 5.62. The summed E-state index contributed by atoms with van der Waals surface area (Å²) >= 11 is 0. The number of likely N-dealkylation sites (tertiary alicyclic amines) is 1. The van der Waals surface area contributed by atoms with Crippen LogP contribution in [0.5, 0.6) is 0 Å². The maximum Gasteiger partial charge on any atom is 0.250 e. The van der Waals surface area contributed by atoms with Crippen LogP contribution in [0.3, 0.4) is 0 Å². The molecule has 1 saturated heterocycles. The summed E-state index contributed by atoms with van der Waals surface area (Å²) in [4.78, 5) is 32.3. The average Bonchev–Trinajstić information content (AvgIpc) is 2.44. The number of aromatic amines is 1. The highest BCUT2D eigenvalue weighted by molar-refractivity contribution is 5.82. The van der Waals surface area contributed by atoms with Gasteiger partial charge in [0, 0.05) is 12.6 Å². The van der Waals surface area contributed by atoms with Gasteiger partial charge in [-0.05, 0) is 32.9 Å². The lowest BCUT2D eigenvalue weighted by Crippen LogP contribution is -2.50. The highest BCUT2D eigenvalue weighted by atomic mass is 16.2. The molecule has 1 amide bonds. The SMILES string of the molecule is CCN1CCC[C@@](C)(C(=O)NCc2cc(=O)[nH]cn2)C1. The molecule has 1 aliphatic heterocycles. The second-order valence-corrected chi connectivity index (χ2v) is 5.62. The van der Waals surface area contributed by atoms with Crippen LogP contribution in [0.1, 0.15) is 32.4 Å². The van der Waals surface area contributed by atoms with Gasteiger partial charge in [0.1, 0.15) is 0 Å². The van der Waals surface area contributed by atoms with Crippen LogP contribution in [-0.2, 0) is 11.3 Å². The van der Waals surface area contributed by atoms with Gasteiger partial charge >= 0.3 is 0 Å². The first-order valence-electron chi connectivity index (χ1n) is 7.08. The number of hydrogen-bond acceptors (Lipinski definition) is 4. The zero-order valence-corrected chi connectivity index (χ0v) is 12.1. The summed E-state index contributed by atoms with van der Waals surface area (Å²) in [5.74, 6) is 0.0396. The number of piperidine rings is 1. The minimum absolute atomic E-state index is 0.0396. The third kappa shape index (κ3) is 3.45. The maximum absolute atomic E-state index is 12.4. The molecule has 0 spiro atoms. The molecule has 1 aromatic heterocycles. The number of carbonyl (C=O) groups is 1. The first-order valence-corrected chi connectivity index (χ1v) is 7.08. The van der Waals surface area contributed by atoms with Crippen molar-refractivity contribution in [2.45, 2.75) is 33.2 Å². The van der Waals surface area contributed by atoms with E-state index in [4.69, 9.17) is 0 Å². The lowest BCUT2D eigenvalue weighted by Gasteiger charge is -2.38. The van der Waals surface area contributed by atoms with Crippen LogP contribution in [0.2, 0.25) is 0 Å². The molecule has 1 aliphatic rings. The van der Waals surface area contributed by atoms with Crippen molar-refractivity contribution in [2.24, 2.45) is 5.41 Å².